The van der Waals surface area contributed by atoms with Crippen LogP contribution in [0.2, 0.25) is 0 Å². The van der Waals surface area contributed by atoms with Gasteiger partial charge in [-0.1, -0.05) is 6.07 Å². The Bertz CT molecular complexity index is 514. The molecule has 2 rings (SSSR count). The van der Waals surface area contributed by atoms with Gasteiger partial charge < -0.3 is 5.32 Å². The van der Waals surface area contributed by atoms with Crippen molar-refractivity contribution in [3.8, 4) is 0 Å². The van der Waals surface area contributed by atoms with Gasteiger partial charge in [0, 0.05) is 18.6 Å². The van der Waals surface area contributed by atoms with Crippen LogP contribution in [-0.2, 0) is 6.42 Å². The maximum absolute atomic E-state index is 13.3. The summed E-state index contributed by atoms with van der Waals surface area (Å²) in [6, 6.07) is 4.90. The second kappa shape index (κ2) is 5.69. The van der Waals surface area contributed by atoms with E-state index in [9.17, 15) is 4.39 Å². The van der Waals surface area contributed by atoms with Crippen LogP contribution in [0, 0.1) is 12.7 Å². The third kappa shape index (κ3) is 2.90. The van der Waals surface area contributed by atoms with E-state index in [2.05, 4.69) is 15.3 Å². The molecular weight excluding hydrogens is 229 g/mol. The number of aromatic nitrogens is 2. The third-order valence-corrected chi connectivity index (χ3v) is 3.02. The Hall–Kier alpha value is -1.81. The molecule has 4 heteroatoms. The van der Waals surface area contributed by atoms with Gasteiger partial charge in [0.1, 0.15) is 5.82 Å². The number of hydrogen-bond acceptors (Lipinski definition) is 3. The number of likely N-dealkylation sites (N-methyl/N-ethyl adjacent to an activating group) is 1. The number of nitrogens with one attached hydrogen (secondary N) is 1. The average Bonchev–Trinajstić information content (AvgIpc) is 2.41. The predicted molar refractivity (Wildman–Crippen MR) is 68.7 cm³/mol. The van der Waals surface area contributed by atoms with E-state index in [4.69, 9.17) is 0 Å². The highest BCUT2D eigenvalue weighted by atomic mass is 19.1. The van der Waals surface area contributed by atoms with E-state index in [1.807, 2.05) is 14.0 Å². The lowest BCUT2D eigenvalue weighted by atomic mass is 9.99. The maximum atomic E-state index is 13.3. The smallest absolute Gasteiger partial charge is 0.123 e. The van der Waals surface area contributed by atoms with E-state index >= 15 is 0 Å². The van der Waals surface area contributed by atoms with Crippen LogP contribution in [0.15, 0.2) is 36.8 Å². The molecule has 0 aliphatic carbocycles. The molecule has 2 aromatic rings. The molecule has 1 N–H and O–H groups in total. The monoisotopic (exact) mass is 245 g/mol. The maximum Gasteiger partial charge on any atom is 0.123 e. The van der Waals surface area contributed by atoms with Crippen LogP contribution in [0.5, 0.6) is 0 Å². The lowest BCUT2D eigenvalue weighted by Gasteiger charge is -2.16. The fourth-order valence-electron chi connectivity index (χ4n) is 1.92. The van der Waals surface area contributed by atoms with Gasteiger partial charge >= 0.3 is 0 Å². The summed E-state index contributed by atoms with van der Waals surface area (Å²) in [4.78, 5) is 8.34. The zero-order valence-corrected chi connectivity index (χ0v) is 10.5. The minimum absolute atomic E-state index is 0.0409. The van der Waals surface area contributed by atoms with Crippen LogP contribution >= 0.6 is 0 Å². The van der Waals surface area contributed by atoms with Gasteiger partial charge in [-0.05, 0) is 43.7 Å². The van der Waals surface area contributed by atoms with Crippen molar-refractivity contribution in [3.63, 3.8) is 0 Å². The highest BCUT2D eigenvalue weighted by molar-refractivity contribution is 5.28. The van der Waals surface area contributed by atoms with E-state index in [0.29, 0.717) is 6.42 Å². The van der Waals surface area contributed by atoms with Gasteiger partial charge in [-0.25, -0.2) is 4.39 Å². The fraction of sp³-hybridized carbons (Fsp3) is 0.286. The Morgan fingerprint density at radius 3 is 2.83 bits per heavy atom. The summed E-state index contributed by atoms with van der Waals surface area (Å²) in [5, 5.41) is 3.19. The van der Waals surface area contributed by atoms with Crippen molar-refractivity contribution in [2.24, 2.45) is 0 Å². The van der Waals surface area contributed by atoms with Crippen LogP contribution in [0.1, 0.15) is 22.9 Å². The zero-order valence-electron chi connectivity index (χ0n) is 10.5. The van der Waals surface area contributed by atoms with Crippen LogP contribution in [-0.4, -0.2) is 17.0 Å². The molecule has 0 saturated carbocycles. The van der Waals surface area contributed by atoms with Gasteiger partial charge in [0.15, 0.2) is 0 Å². The summed E-state index contributed by atoms with van der Waals surface area (Å²) in [5.41, 5.74) is 2.93. The molecule has 0 spiro atoms. The lowest BCUT2D eigenvalue weighted by molar-refractivity contribution is 0.566. The molecule has 3 nitrogen and oxygen atoms in total. The Balaban J connectivity index is 2.23. The van der Waals surface area contributed by atoms with Gasteiger partial charge in [-0.3, -0.25) is 9.97 Å². The molecule has 0 fully saturated rings. The van der Waals surface area contributed by atoms with Crippen molar-refractivity contribution < 1.29 is 4.39 Å². The normalized spacial score (nSPS) is 12.4. The first-order valence-corrected chi connectivity index (χ1v) is 5.89. The van der Waals surface area contributed by atoms with E-state index < -0.39 is 0 Å². The molecule has 1 heterocycles. The number of benzene rings is 1. The van der Waals surface area contributed by atoms with Gasteiger partial charge in [0.05, 0.1) is 11.7 Å². The largest absolute Gasteiger partial charge is 0.311 e. The fourth-order valence-corrected chi connectivity index (χ4v) is 1.92. The minimum Gasteiger partial charge on any atom is -0.311 e. The number of hydrogen-bond donors (Lipinski definition) is 1. The summed E-state index contributed by atoms with van der Waals surface area (Å²) in [6.07, 6.45) is 5.73. The molecule has 1 atom stereocenters. The molecule has 0 aliphatic rings. The number of nitrogens with zero attached hydrogens (tertiary/aromatic N) is 2. The van der Waals surface area contributed by atoms with Gasteiger partial charge in [-0.15, -0.1) is 0 Å². The van der Waals surface area contributed by atoms with E-state index in [1.165, 1.54) is 6.07 Å². The van der Waals surface area contributed by atoms with Crippen molar-refractivity contribution in [2.45, 2.75) is 19.4 Å². The van der Waals surface area contributed by atoms with Crippen LogP contribution in [0.3, 0.4) is 0 Å². The van der Waals surface area contributed by atoms with Crippen molar-refractivity contribution >= 4 is 0 Å². The second-order valence-electron chi connectivity index (χ2n) is 4.25. The van der Waals surface area contributed by atoms with Gasteiger partial charge in [0.25, 0.3) is 0 Å². The molecule has 94 valence electrons. The summed E-state index contributed by atoms with van der Waals surface area (Å²) < 4.78 is 13.3. The molecule has 0 saturated heterocycles. The van der Waals surface area contributed by atoms with Crippen LogP contribution in [0.25, 0.3) is 0 Å². The first kappa shape index (κ1) is 12.6. The third-order valence-electron chi connectivity index (χ3n) is 3.02. The topological polar surface area (TPSA) is 37.8 Å². The SMILES string of the molecule is CNC(Cc1cc(F)ccc1C)c1cnccn1. The summed E-state index contributed by atoms with van der Waals surface area (Å²) >= 11 is 0. The van der Waals surface area contributed by atoms with E-state index in [0.717, 1.165) is 16.8 Å². The highest BCUT2D eigenvalue weighted by Crippen LogP contribution is 2.19. The standard InChI is InChI=1S/C14H16FN3/c1-10-3-4-12(15)7-11(10)8-13(16-2)14-9-17-5-6-18-14/h3-7,9,13,16H,8H2,1-2H3. The molecule has 18 heavy (non-hydrogen) atoms. The van der Waals surface area contributed by atoms with Gasteiger partial charge in [-0.2, -0.15) is 0 Å². The molecule has 1 aromatic carbocycles. The zero-order chi connectivity index (χ0) is 13.0. The molecular formula is C14H16FN3. The number of rotatable bonds is 4. The van der Waals surface area contributed by atoms with Gasteiger partial charge in [0.2, 0.25) is 0 Å². The molecule has 1 unspecified atom stereocenters. The molecule has 0 aliphatic heterocycles. The lowest BCUT2D eigenvalue weighted by Crippen LogP contribution is -2.20. The molecule has 0 bridgehead atoms. The predicted octanol–water partition coefficient (Wildman–Crippen LogP) is 2.43. The summed E-state index contributed by atoms with van der Waals surface area (Å²) in [5.74, 6) is -0.204. The van der Waals surface area contributed by atoms with Crippen molar-refractivity contribution in [2.75, 3.05) is 7.05 Å². The van der Waals surface area contributed by atoms with E-state index in [-0.39, 0.29) is 11.9 Å². The van der Waals surface area contributed by atoms with Crippen molar-refractivity contribution in [1.29, 1.82) is 0 Å². The summed E-state index contributed by atoms with van der Waals surface area (Å²) in [7, 11) is 1.87. The Morgan fingerprint density at radius 1 is 1.33 bits per heavy atom. The average molecular weight is 245 g/mol. The first-order valence-electron chi connectivity index (χ1n) is 5.89. The van der Waals surface area contributed by atoms with Crippen LogP contribution < -0.4 is 5.32 Å². The van der Waals surface area contributed by atoms with Crippen molar-refractivity contribution in [1.82, 2.24) is 15.3 Å². The Morgan fingerprint density at radius 2 is 2.17 bits per heavy atom. The first-order chi connectivity index (χ1) is 8.70. The number of halogens is 1. The quantitative estimate of drug-likeness (QED) is 0.899. The molecule has 0 radical (unpaired) electrons. The Kier molecular flexibility index (Phi) is 3.99. The van der Waals surface area contributed by atoms with Crippen LogP contribution in [0.4, 0.5) is 4.39 Å². The molecule has 0 amide bonds. The highest BCUT2D eigenvalue weighted by Gasteiger charge is 2.13. The minimum atomic E-state index is -0.204. The van der Waals surface area contributed by atoms with Crippen molar-refractivity contribution in [3.05, 3.63) is 59.4 Å². The Labute approximate surface area is 106 Å². The molecule has 1 aromatic heterocycles. The second-order valence-corrected chi connectivity index (χ2v) is 4.25. The summed E-state index contributed by atoms with van der Waals surface area (Å²) in [6.45, 7) is 1.98. The van der Waals surface area contributed by atoms with E-state index in [1.54, 1.807) is 30.7 Å². The number of aryl methyl sites for hydroxylation is 1.